The Bertz CT molecular complexity index is 845. The van der Waals surface area contributed by atoms with Crippen molar-refractivity contribution in [3.63, 3.8) is 0 Å². The molecule has 7 heteroatoms. The van der Waals surface area contributed by atoms with Gasteiger partial charge in [-0.05, 0) is 38.5 Å². The van der Waals surface area contributed by atoms with Gasteiger partial charge in [0.1, 0.15) is 13.2 Å². The molecule has 28 heavy (non-hydrogen) atoms. The molecular weight excluding hydrogens is 372 g/mol. The van der Waals surface area contributed by atoms with E-state index in [1.807, 2.05) is 19.9 Å². The van der Waals surface area contributed by atoms with E-state index < -0.39 is 0 Å². The number of nitrogens with one attached hydrogen (secondary N) is 2. The van der Waals surface area contributed by atoms with Crippen LogP contribution in [0.3, 0.4) is 0 Å². The summed E-state index contributed by atoms with van der Waals surface area (Å²) in [6.07, 6.45) is 0. The van der Waals surface area contributed by atoms with Gasteiger partial charge in [-0.15, -0.1) is 11.3 Å². The lowest BCUT2D eigenvalue weighted by Crippen LogP contribution is -2.43. The molecule has 0 unspecified atom stereocenters. The van der Waals surface area contributed by atoms with Gasteiger partial charge >= 0.3 is 0 Å². The molecule has 0 saturated carbocycles. The van der Waals surface area contributed by atoms with Crippen LogP contribution < -0.4 is 20.1 Å². The van der Waals surface area contributed by atoms with Gasteiger partial charge in [0.05, 0.1) is 17.2 Å². The SMILES string of the molecule is CCNC(=NCc1sc(C)nc1C)NCC(C)(C)c1ccc2c(c1)OCCO2. The average molecular weight is 403 g/mol. The number of rotatable bonds is 6. The number of aliphatic imine (C=N–C) groups is 1. The quantitative estimate of drug-likeness (QED) is 0.571. The predicted molar refractivity (Wildman–Crippen MR) is 115 cm³/mol. The number of guanidine groups is 1. The van der Waals surface area contributed by atoms with Gasteiger partial charge in [0.2, 0.25) is 0 Å². The number of benzene rings is 1. The molecule has 0 spiro atoms. The molecule has 0 saturated heterocycles. The summed E-state index contributed by atoms with van der Waals surface area (Å²) in [4.78, 5) is 10.4. The highest BCUT2D eigenvalue weighted by Crippen LogP contribution is 2.34. The van der Waals surface area contributed by atoms with E-state index in [1.54, 1.807) is 11.3 Å². The number of hydrogen-bond acceptors (Lipinski definition) is 5. The van der Waals surface area contributed by atoms with Crippen LogP contribution in [0.25, 0.3) is 0 Å². The fraction of sp³-hybridized carbons (Fsp3) is 0.524. The summed E-state index contributed by atoms with van der Waals surface area (Å²) in [5, 5.41) is 7.90. The lowest BCUT2D eigenvalue weighted by Gasteiger charge is -2.28. The maximum absolute atomic E-state index is 5.74. The van der Waals surface area contributed by atoms with Crippen molar-refractivity contribution in [1.82, 2.24) is 15.6 Å². The lowest BCUT2D eigenvalue weighted by molar-refractivity contribution is 0.171. The van der Waals surface area contributed by atoms with E-state index in [2.05, 4.69) is 48.5 Å². The van der Waals surface area contributed by atoms with Crippen LogP contribution in [0.1, 0.15) is 41.9 Å². The third-order valence-electron chi connectivity index (χ3n) is 4.75. The van der Waals surface area contributed by atoms with Crippen molar-refractivity contribution in [3.05, 3.63) is 39.3 Å². The molecule has 0 fully saturated rings. The summed E-state index contributed by atoms with van der Waals surface area (Å²) < 4.78 is 11.4. The Labute approximate surface area is 171 Å². The minimum Gasteiger partial charge on any atom is -0.486 e. The van der Waals surface area contributed by atoms with Gasteiger partial charge in [-0.3, -0.25) is 0 Å². The third-order valence-corrected chi connectivity index (χ3v) is 5.80. The molecule has 1 aromatic carbocycles. The van der Waals surface area contributed by atoms with Crippen molar-refractivity contribution in [2.24, 2.45) is 4.99 Å². The number of ether oxygens (including phenoxy) is 2. The minimum absolute atomic E-state index is 0.0942. The monoisotopic (exact) mass is 402 g/mol. The van der Waals surface area contributed by atoms with Crippen LogP contribution in [0, 0.1) is 13.8 Å². The first kappa shape index (κ1) is 20.5. The van der Waals surface area contributed by atoms with E-state index in [1.165, 1.54) is 10.4 Å². The largest absolute Gasteiger partial charge is 0.486 e. The van der Waals surface area contributed by atoms with E-state index in [4.69, 9.17) is 14.5 Å². The van der Waals surface area contributed by atoms with Crippen LogP contribution in [0.2, 0.25) is 0 Å². The molecule has 3 rings (SSSR count). The topological polar surface area (TPSA) is 67.8 Å². The average Bonchev–Trinajstić information content (AvgIpc) is 3.00. The summed E-state index contributed by atoms with van der Waals surface area (Å²) in [7, 11) is 0. The highest BCUT2D eigenvalue weighted by molar-refractivity contribution is 7.11. The third kappa shape index (κ3) is 4.95. The second kappa shape index (κ2) is 8.82. The Kier molecular flexibility index (Phi) is 6.44. The maximum atomic E-state index is 5.74. The Morgan fingerprint density at radius 2 is 1.93 bits per heavy atom. The zero-order valence-corrected chi connectivity index (χ0v) is 18.2. The molecule has 2 aromatic rings. The van der Waals surface area contributed by atoms with Crippen molar-refractivity contribution in [2.75, 3.05) is 26.3 Å². The number of nitrogens with zero attached hydrogens (tertiary/aromatic N) is 2. The zero-order chi connectivity index (χ0) is 20.1. The smallest absolute Gasteiger partial charge is 0.191 e. The number of aryl methyl sites for hydroxylation is 2. The first-order valence-electron chi connectivity index (χ1n) is 9.74. The fourth-order valence-electron chi connectivity index (χ4n) is 3.08. The van der Waals surface area contributed by atoms with E-state index in [0.717, 1.165) is 41.2 Å². The summed E-state index contributed by atoms with van der Waals surface area (Å²) in [5.41, 5.74) is 2.18. The van der Waals surface area contributed by atoms with Gasteiger partial charge < -0.3 is 20.1 Å². The molecule has 0 amide bonds. The number of aromatic nitrogens is 1. The van der Waals surface area contributed by atoms with Gasteiger partial charge in [-0.1, -0.05) is 19.9 Å². The molecule has 0 aliphatic carbocycles. The highest BCUT2D eigenvalue weighted by Gasteiger charge is 2.24. The Morgan fingerprint density at radius 3 is 2.61 bits per heavy atom. The number of hydrogen-bond donors (Lipinski definition) is 2. The van der Waals surface area contributed by atoms with Crippen LogP contribution >= 0.6 is 11.3 Å². The van der Waals surface area contributed by atoms with E-state index in [0.29, 0.717) is 19.8 Å². The first-order chi connectivity index (χ1) is 13.4. The molecule has 2 heterocycles. The van der Waals surface area contributed by atoms with Gasteiger partial charge in [0, 0.05) is 23.4 Å². The predicted octanol–water partition coefficient (Wildman–Crippen LogP) is 3.56. The van der Waals surface area contributed by atoms with Crippen molar-refractivity contribution >= 4 is 17.3 Å². The van der Waals surface area contributed by atoms with Crippen molar-refractivity contribution < 1.29 is 9.47 Å². The lowest BCUT2D eigenvalue weighted by atomic mass is 9.84. The molecule has 1 aliphatic heterocycles. The standard InChI is InChI=1S/C21H30N4O2S/c1-6-22-20(23-12-19-14(2)25-15(3)28-19)24-13-21(4,5)16-7-8-17-18(11-16)27-10-9-26-17/h7-8,11H,6,9-10,12-13H2,1-5H3,(H2,22,23,24). The van der Waals surface area contributed by atoms with Gasteiger partial charge in [-0.25, -0.2) is 9.98 Å². The van der Waals surface area contributed by atoms with Gasteiger partial charge in [0.25, 0.3) is 0 Å². The van der Waals surface area contributed by atoms with E-state index >= 15 is 0 Å². The molecule has 1 aromatic heterocycles. The summed E-state index contributed by atoms with van der Waals surface area (Å²) in [6.45, 7) is 14.0. The number of fused-ring (bicyclic) bond motifs is 1. The maximum Gasteiger partial charge on any atom is 0.191 e. The molecule has 2 N–H and O–H groups in total. The zero-order valence-electron chi connectivity index (χ0n) is 17.4. The Hall–Kier alpha value is -2.28. The van der Waals surface area contributed by atoms with Crippen molar-refractivity contribution in [1.29, 1.82) is 0 Å². The van der Waals surface area contributed by atoms with Gasteiger partial charge in [0.15, 0.2) is 17.5 Å². The van der Waals surface area contributed by atoms with Crippen LogP contribution in [0.5, 0.6) is 11.5 Å². The molecule has 0 atom stereocenters. The van der Waals surface area contributed by atoms with Crippen molar-refractivity contribution in [2.45, 2.75) is 46.6 Å². The molecule has 152 valence electrons. The second-order valence-corrected chi connectivity index (χ2v) is 8.82. The summed E-state index contributed by atoms with van der Waals surface area (Å²) >= 11 is 1.71. The highest BCUT2D eigenvalue weighted by atomic mass is 32.1. The Morgan fingerprint density at radius 1 is 1.18 bits per heavy atom. The molecule has 0 radical (unpaired) electrons. The van der Waals surface area contributed by atoms with Gasteiger partial charge in [-0.2, -0.15) is 0 Å². The Balaban J connectivity index is 1.68. The molecule has 1 aliphatic rings. The number of thiazole rings is 1. The molecule has 6 nitrogen and oxygen atoms in total. The summed E-state index contributed by atoms with van der Waals surface area (Å²) in [6, 6.07) is 6.20. The fourth-order valence-corrected chi connectivity index (χ4v) is 3.95. The summed E-state index contributed by atoms with van der Waals surface area (Å²) in [5.74, 6) is 2.47. The van der Waals surface area contributed by atoms with Crippen LogP contribution in [-0.2, 0) is 12.0 Å². The first-order valence-corrected chi connectivity index (χ1v) is 10.6. The molecule has 0 bridgehead atoms. The van der Waals surface area contributed by atoms with Crippen LogP contribution in [0.4, 0.5) is 0 Å². The van der Waals surface area contributed by atoms with Crippen LogP contribution in [-0.4, -0.2) is 37.2 Å². The van der Waals surface area contributed by atoms with E-state index in [9.17, 15) is 0 Å². The van der Waals surface area contributed by atoms with E-state index in [-0.39, 0.29) is 5.41 Å². The molecular formula is C21H30N4O2S. The van der Waals surface area contributed by atoms with Crippen molar-refractivity contribution in [3.8, 4) is 11.5 Å². The normalized spacial score (nSPS) is 14.1. The second-order valence-electron chi connectivity index (χ2n) is 7.53. The minimum atomic E-state index is -0.0942. The van der Waals surface area contributed by atoms with Crippen LogP contribution in [0.15, 0.2) is 23.2 Å².